The zero-order valence-electron chi connectivity index (χ0n) is 14.9. The van der Waals surface area contributed by atoms with E-state index >= 15 is 0 Å². The lowest BCUT2D eigenvalue weighted by Crippen LogP contribution is -2.42. The Labute approximate surface area is 155 Å². The second-order valence-electron chi connectivity index (χ2n) is 6.51. The first-order valence-electron chi connectivity index (χ1n) is 8.17. The summed E-state index contributed by atoms with van der Waals surface area (Å²) >= 11 is 0. The Morgan fingerprint density at radius 1 is 1.15 bits per heavy atom. The van der Waals surface area contributed by atoms with E-state index in [9.17, 15) is 24.8 Å². The molecule has 2 N–H and O–H groups in total. The number of carbonyl (C=O) groups excluding carboxylic acids is 1. The van der Waals surface area contributed by atoms with Crippen LogP contribution in [0.1, 0.15) is 31.0 Å². The number of aliphatic carboxylic acids is 1. The molecule has 0 spiro atoms. The number of benzene rings is 2. The Morgan fingerprint density at radius 2 is 1.74 bits per heavy atom. The number of nitro groups is 1. The van der Waals surface area contributed by atoms with Crippen LogP contribution < -0.4 is 5.32 Å². The molecular formula is C19H20N2O6. The smallest absolute Gasteiger partial charge is 0.407 e. The van der Waals surface area contributed by atoms with Crippen LogP contribution in [0, 0.1) is 15.5 Å². The van der Waals surface area contributed by atoms with E-state index in [1.165, 1.54) is 38.1 Å². The van der Waals surface area contributed by atoms with Crippen LogP contribution in [0.25, 0.3) is 0 Å². The fraction of sp³-hybridized carbons (Fsp3) is 0.263. The molecule has 0 radical (unpaired) electrons. The van der Waals surface area contributed by atoms with Gasteiger partial charge in [-0.15, -0.1) is 0 Å². The van der Waals surface area contributed by atoms with Crippen molar-refractivity contribution in [1.82, 2.24) is 5.32 Å². The fourth-order valence-corrected chi connectivity index (χ4v) is 2.48. The Balaban J connectivity index is 2.18. The molecule has 0 saturated carbocycles. The first-order valence-corrected chi connectivity index (χ1v) is 8.17. The molecule has 0 saturated heterocycles. The van der Waals surface area contributed by atoms with Gasteiger partial charge in [-0.2, -0.15) is 0 Å². The minimum absolute atomic E-state index is 0.0349. The van der Waals surface area contributed by atoms with Crippen LogP contribution in [-0.4, -0.2) is 22.1 Å². The van der Waals surface area contributed by atoms with Gasteiger partial charge >= 0.3 is 12.1 Å². The zero-order valence-corrected chi connectivity index (χ0v) is 14.9. The van der Waals surface area contributed by atoms with E-state index < -0.39 is 28.4 Å². The lowest BCUT2D eigenvalue weighted by Gasteiger charge is -2.31. The summed E-state index contributed by atoms with van der Waals surface area (Å²) in [7, 11) is 0. The third-order valence-corrected chi connectivity index (χ3v) is 4.19. The van der Waals surface area contributed by atoms with Gasteiger partial charge in [-0.25, -0.2) is 4.79 Å². The summed E-state index contributed by atoms with van der Waals surface area (Å²) < 4.78 is 5.17. The molecule has 0 fully saturated rings. The summed E-state index contributed by atoms with van der Waals surface area (Å²) in [6, 6.07) is 13.5. The summed E-state index contributed by atoms with van der Waals surface area (Å²) in [5.41, 5.74) is -0.291. The number of nitrogens with one attached hydrogen (secondary N) is 1. The zero-order chi connectivity index (χ0) is 20.0. The van der Waals surface area contributed by atoms with Gasteiger partial charge in [0.15, 0.2) is 0 Å². The predicted octanol–water partition coefficient (Wildman–Crippen LogP) is 3.67. The molecule has 0 aliphatic carbocycles. The molecule has 142 valence electrons. The molecule has 2 aromatic rings. The largest absolute Gasteiger partial charge is 0.481 e. The van der Waals surface area contributed by atoms with Crippen LogP contribution in [0.15, 0.2) is 54.6 Å². The monoisotopic (exact) mass is 372 g/mol. The molecule has 0 aliphatic rings. The van der Waals surface area contributed by atoms with Gasteiger partial charge in [0.1, 0.15) is 6.61 Å². The van der Waals surface area contributed by atoms with Crippen molar-refractivity contribution in [3.63, 3.8) is 0 Å². The topological polar surface area (TPSA) is 119 Å². The van der Waals surface area contributed by atoms with E-state index in [-0.39, 0.29) is 12.3 Å². The molecular weight excluding hydrogens is 352 g/mol. The summed E-state index contributed by atoms with van der Waals surface area (Å²) in [6.45, 7) is 2.95. The van der Waals surface area contributed by atoms with E-state index in [1.807, 2.05) is 18.2 Å². The number of non-ortho nitro benzene ring substituents is 1. The van der Waals surface area contributed by atoms with Crippen LogP contribution in [0.4, 0.5) is 10.5 Å². The molecule has 1 atom stereocenters. The average Bonchev–Trinajstić information content (AvgIpc) is 2.65. The van der Waals surface area contributed by atoms with Gasteiger partial charge in [0.05, 0.1) is 16.4 Å². The van der Waals surface area contributed by atoms with Crippen molar-refractivity contribution in [2.45, 2.75) is 26.5 Å². The molecule has 0 aliphatic heterocycles. The molecule has 2 aromatic carbocycles. The summed E-state index contributed by atoms with van der Waals surface area (Å²) in [5, 5.41) is 22.9. The summed E-state index contributed by atoms with van der Waals surface area (Å²) in [4.78, 5) is 34.1. The molecule has 1 amide bonds. The lowest BCUT2D eigenvalue weighted by atomic mass is 9.80. The van der Waals surface area contributed by atoms with Crippen LogP contribution in [0.5, 0.6) is 0 Å². The third kappa shape index (κ3) is 5.04. The van der Waals surface area contributed by atoms with Gasteiger partial charge in [0, 0.05) is 12.1 Å². The van der Waals surface area contributed by atoms with Crippen molar-refractivity contribution >= 4 is 17.7 Å². The second kappa shape index (κ2) is 8.31. The Kier molecular flexibility index (Phi) is 6.12. The standard InChI is InChI=1S/C19H20N2O6/c1-19(2,17(22)23)16(14-8-10-15(11-9-14)21(25)26)20-18(24)27-12-13-6-4-3-5-7-13/h3-11,16H,12H2,1-2H3,(H,20,24)(H,22,23)/t16-/m1/s1. The van der Waals surface area contributed by atoms with Crippen molar-refractivity contribution < 1.29 is 24.4 Å². The summed E-state index contributed by atoms with van der Waals surface area (Å²) in [6.07, 6.45) is -0.781. The Bertz CT molecular complexity index is 818. The molecule has 27 heavy (non-hydrogen) atoms. The van der Waals surface area contributed by atoms with Crippen LogP contribution in [0.2, 0.25) is 0 Å². The van der Waals surface area contributed by atoms with Crippen molar-refractivity contribution in [3.05, 3.63) is 75.8 Å². The fourth-order valence-electron chi connectivity index (χ4n) is 2.48. The number of ether oxygens (including phenoxy) is 1. The van der Waals surface area contributed by atoms with E-state index in [4.69, 9.17) is 4.74 Å². The molecule has 0 bridgehead atoms. The highest BCUT2D eigenvalue weighted by Gasteiger charge is 2.39. The number of carbonyl (C=O) groups is 2. The first-order chi connectivity index (χ1) is 12.7. The molecule has 8 heteroatoms. The van der Waals surface area contributed by atoms with Gasteiger partial charge in [-0.05, 0) is 25.0 Å². The van der Waals surface area contributed by atoms with E-state index in [0.717, 1.165) is 5.56 Å². The molecule has 8 nitrogen and oxygen atoms in total. The first kappa shape index (κ1) is 19.9. The SMILES string of the molecule is CC(C)(C(=O)O)[C@H](NC(=O)OCc1ccccc1)c1ccc([N+](=O)[O-])cc1. The predicted molar refractivity (Wildman–Crippen MR) is 97.0 cm³/mol. The molecule has 0 aromatic heterocycles. The van der Waals surface area contributed by atoms with Crippen molar-refractivity contribution in [2.75, 3.05) is 0 Å². The number of carboxylic acids is 1. The maximum Gasteiger partial charge on any atom is 0.407 e. The second-order valence-corrected chi connectivity index (χ2v) is 6.51. The van der Waals surface area contributed by atoms with Gasteiger partial charge in [0.25, 0.3) is 5.69 Å². The average molecular weight is 372 g/mol. The number of nitrogens with zero attached hydrogens (tertiary/aromatic N) is 1. The van der Waals surface area contributed by atoms with Gasteiger partial charge in [-0.3, -0.25) is 14.9 Å². The maximum atomic E-state index is 12.2. The molecule has 0 heterocycles. The quantitative estimate of drug-likeness (QED) is 0.565. The van der Waals surface area contributed by atoms with Crippen LogP contribution in [-0.2, 0) is 16.1 Å². The number of hydrogen-bond acceptors (Lipinski definition) is 5. The van der Waals surface area contributed by atoms with Gasteiger partial charge in [-0.1, -0.05) is 42.5 Å². The minimum Gasteiger partial charge on any atom is -0.481 e. The van der Waals surface area contributed by atoms with Crippen molar-refractivity contribution in [2.24, 2.45) is 5.41 Å². The number of alkyl carbamates (subject to hydrolysis) is 1. The number of nitro benzene ring substituents is 1. The minimum atomic E-state index is -1.37. The third-order valence-electron chi connectivity index (χ3n) is 4.19. The molecule has 0 unspecified atom stereocenters. The van der Waals surface area contributed by atoms with E-state index in [2.05, 4.69) is 5.32 Å². The lowest BCUT2D eigenvalue weighted by molar-refractivity contribution is -0.384. The number of amides is 1. The Hall–Kier alpha value is -3.42. The van der Waals surface area contributed by atoms with Gasteiger partial charge in [0.2, 0.25) is 0 Å². The van der Waals surface area contributed by atoms with Crippen molar-refractivity contribution in [3.8, 4) is 0 Å². The van der Waals surface area contributed by atoms with E-state index in [1.54, 1.807) is 12.1 Å². The number of carboxylic acid groups (broad SMARTS) is 1. The summed E-state index contributed by atoms with van der Waals surface area (Å²) in [5.74, 6) is -1.13. The maximum absolute atomic E-state index is 12.2. The van der Waals surface area contributed by atoms with E-state index in [0.29, 0.717) is 5.56 Å². The van der Waals surface area contributed by atoms with Crippen molar-refractivity contribution in [1.29, 1.82) is 0 Å². The highest BCUT2D eigenvalue weighted by atomic mass is 16.6. The molecule has 2 rings (SSSR count). The number of rotatable bonds is 7. The Morgan fingerprint density at radius 3 is 2.26 bits per heavy atom. The van der Waals surface area contributed by atoms with Crippen LogP contribution in [0.3, 0.4) is 0 Å². The number of hydrogen-bond donors (Lipinski definition) is 2. The highest BCUT2D eigenvalue weighted by molar-refractivity contribution is 5.77. The highest BCUT2D eigenvalue weighted by Crippen LogP contribution is 2.34. The van der Waals surface area contributed by atoms with Crippen LogP contribution >= 0.6 is 0 Å². The van der Waals surface area contributed by atoms with Gasteiger partial charge < -0.3 is 15.2 Å². The normalized spacial score (nSPS) is 12.1.